The van der Waals surface area contributed by atoms with Gasteiger partial charge in [-0.25, -0.2) is 9.59 Å². The van der Waals surface area contributed by atoms with Crippen LogP contribution in [0.1, 0.15) is 55.5 Å². The van der Waals surface area contributed by atoms with Crippen molar-refractivity contribution >= 4 is 23.7 Å². The molecule has 0 spiro atoms. The topological polar surface area (TPSA) is 52.6 Å². The van der Waals surface area contributed by atoms with E-state index >= 15 is 0 Å². The predicted molar refractivity (Wildman–Crippen MR) is 93.6 cm³/mol. The van der Waals surface area contributed by atoms with E-state index in [-0.39, 0.29) is 6.61 Å². The van der Waals surface area contributed by atoms with E-state index in [0.717, 1.165) is 24.6 Å². The summed E-state index contributed by atoms with van der Waals surface area (Å²) in [6, 6.07) is 7.39. The summed E-state index contributed by atoms with van der Waals surface area (Å²) in [6.45, 7) is 4.18. The van der Waals surface area contributed by atoms with Crippen LogP contribution in [0.25, 0.3) is 0 Å². The first kappa shape index (κ1) is 19.6. The summed E-state index contributed by atoms with van der Waals surface area (Å²) >= 11 is 1.14. The van der Waals surface area contributed by atoms with Crippen molar-refractivity contribution in [1.82, 2.24) is 0 Å². The molecule has 0 heterocycles. The van der Waals surface area contributed by atoms with Crippen LogP contribution in [0.15, 0.2) is 24.3 Å². The molecule has 5 heteroatoms. The Bertz CT molecular complexity index is 484. The van der Waals surface area contributed by atoms with Gasteiger partial charge in [-0.1, -0.05) is 38.3 Å². The molecule has 0 amide bonds. The number of thioether (sulfide) groups is 1. The van der Waals surface area contributed by atoms with Crippen molar-refractivity contribution in [3.8, 4) is 0 Å². The molecule has 1 aromatic rings. The van der Waals surface area contributed by atoms with Crippen molar-refractivity contribution < 1.29 is 19.1 Å². The van der Waals surface area contributed by atoms with Gasteiger partial charge in [0.05, 0.1) is 12.2 Å². The lowest BCUT2D eigenvalue weighted by atomic mass is 10.0. The minimum Gasteiger partial charge on any atom is -0.463 e. The van der Waals surface area contributed by atoms with Crippen molar-refractivity contribution in [2.75, 3.05) is 12.9 Å². The fourth-order valence-electron chi connectivity index (χ4n) is 2.13. The Labute approximate surface area is 142 Å². The van der Waals surface area contributed by atoms with Crippen LogP contribution in [0.4, 0.5) is 0 Å². The molecule has 1 atom stereocenters. The highest BCUT2D eigenvalue weighted by molar-refractivity contribution is 7.99. The molecule has 0 aliphatic carbocycles. The first-order valence-corrected chi connectivity index (χ1v) is 9.40. The van der Waals surface area contributed by atoms with Gasteiger partial charge in [0, 0.05) is 0 Å². The van der Waals surface area contributed by atoms with Gasteiger partial charge in [-0.05, 0) is 43.7 Å². The molecule has 1 aromatic carbocycles. The Morgan fingerprint density at radius 3 is 2.35 bits per heavy atom. The summed E-state index contributed by atoms with van der Waals surface area (Å²) in [7, 11) is 0. The van der Waals surface area contributed by atoms with Gasteiger partial charge in [0.1, 0.15) is 0 Å². The Hall–Kier alpha value is -1.49. The standard InChI is InChI=1S/C18H26O4S/c1-4-6-7-8-9-14-10-12-15(13-11-14)16(19)22-18(23-3)17(20)21-5-2/h10-13,18H,4-9H2,1-3H3. The van der Waals surface area contributed by atoms with Crippen LogP contribution >= 0.6 is 11.8 Å². The highest BCUT2D eigenvalue weighted by Crippen LogP contribution is 2.15. The predicted octanol–water partition coefficient (Wildman–Crippen LogP) is 4.22. The third-order valence-corrected chi connectivity index (χ3v) is 4.13. The van der Waals surface area contributed by atoms with E-state index < -0.39 is 17.4 Å². The summed E-state index contributed by atoms with van der Waals surface area (Å²) in [4.78, 5) is 23.7. The summed E-state index contributed by atoms with van der Waals surface area (Å²) in [5.74, 6) is -1.03. The summed E-state index contributed by atoms with van der Waals surface area (Å²) < 4.78 is 10.1. The van der Waals surface area contributed by atoms with E-state index in [0.29, 0.717) is 5.56 Å². The summed E-state index contributed by atoms with van der Waals surface area (Å²) in [6.07, 6.45) is 7.60. The molecule has 0 saturated carbocycles. The smallest absolute Gasteiger partial charge is 0.358 e. The highest BCUT2D eigenvalue weighted by Gasteiger charge is 2.23. The Balaban J connectivity index is 2.54. The molecule has 0 bridgehead atoms. The van der Waals surface area contributed by atoms with Crippen molar-refractivity contribution in [1.29, 1.82) is 0 Å². The third kappa shape index (κ3) is 7.08. The minimum atomic E-state index is -0.920. The molecule has 1 unspecified atom stereocenters. The highest BCUT2D eigenvalue weighted by atomic mass is 32.2. The van der Waals surface area contributed by atoms with Crippen molar-refractivity contribution in [2.45, 2.75) is 51.4 Å². The van der Waals surface area contributed by atoms with Gasteiger partial charge in [0.25, 0.3) is 0 Å². The molecule has 0 aromatic heterocycles. The monoisotopic (exact) mass is 338 g/mol. The van der Waals surface area contributed by atoms with Gasteiger partial charge in [-0.3, -0.25) is 0 Å². The van der Waals surface area contributed by atoms with Crippen LogP contribution in [0, 0.1) is 0 Å². The lowest BCUT2D eigenvalue weighted by Crippen LogP contribution is -2.26. The Kier molecular flexibility index (Phi) is 9.45. The second kappa shape index (κ2) is 11.1. The second-order valence-electron chi connectivity index (χ2n) is 5.23. The SMILES string of the molecule is CCCCCCc1ccc(C(=O)OC(SC)C(=O)OCC)cc1. The lowest BCUT2D eigenvalue weighted by Gasteiger charge is -2.14. The molecule has 1 rings (SSSR count). The molecule has 23 heavy (non-hydrogen) atoms. The number of aryl methyl sites for hydroxylation is 1. The first-order valence-electron chi connectivity index (χ1n) is 8.11. The average Bonchev–Trinajstić information content (AvgIpc) is 2.57. The minimum absolute atomic E-state index is 0.264. The normalized spacial score (nSPS) is 11.8. The molecule has 0 aliphatic heterocycles. The largest absolute Gasteiger partial charge is 0.463 e. The molecule has 0 N–H and O–H groups in total. The first-order chi connectivity index (χ1) is 11.1. The summed E-state index contributed by atoms with van der Waals surface area (Å²) in [5.41, 5.74) is 0.742. The van der Waals surface area contributed by atoms with Crippen LogP contribution in [0.3, 0.4) is 0 Å². The van der Waals surface area contributed by atoms with Gasteiger partial charge in [0.2, 0.25) is 5.44 Å². The van der Waals surface area contributed by atoms with Crippen LogP contribution < -0.4 is 0 Å². The zero-order valence-electron chi connectivity index (χ0n) is 14.2. The number of rotatable bonds is 10. The lowest BCUT2D eigenvalue weighted by molar-refractivity contribution is -0.148. The van der Waals surface area contributed by atoms with Crippen LogP contribution in [-0.4, -0.2) is 30.2 Å². The third-order valence-electron chi connectivity index (χ3n) is 3.42. The molecular weight excluding hydrogens is 312 g/mol. The zero-order valence-corrected chi connectivity index (χ0v) is 15.0. The van der Waals surface area contributed by atoms with Crippen molar-refractivity contribution in [2.24, 2.45) is 0 Å². The van der Waals surface area contributed by atoms with E-state index in [1.165, 1.54) is 24.8 Å². The molecule has 128 valence electrons. The van der Waals surface area contributed by atoms with Crippen molar-refractivity contribution in [3.05, 3.63) is 35.4 Å². The molecule has 4 nitrogen and oxygen atoms in total. The average molecular weight is 338 g/mol. The molecular formula is C18H26O4S. The molecule has 0 radical (unpaired) electrons. The molecule has 0 fully saturated rings. The van der Waals surface area contributed by atoms with Gasteiger partial charge < -0.3 is 9.47 Å². The molecule has 0 saturated heterocycles. The number of carbonyl (C=O) groups is 2. The van der Waals surface area contributed by atoms with E-state index in [1.807, 2.05) is 12.1 Å². The zero-order chi connectivity index (χ0) is 17.1. The van der Waals surface area contributed by atoms with Crippen LogP contribution in [-0.2, 0) is 20.7 Å². The maximum absolute atomic E-state index is 12.1. The quantitative estimate of drug-likeness (QED) is 0.363. The van der Waals surface area contributed by atoms with E-state index in [2.05, 4.69) is 6.92 Å². The van der Waals surface area contributed by atoms with E-state index in [1.54, 1.807) is 25.3 Å². The Morgan fingerprint density at radius 1 is 1.09 bits per heavy atom. The fourth-order valence-corrected chi connectivity index (χ4v) is 2.58. The summed E-state index contributed by atoms with van der Waals surface area (Å²) in [5, 5.41) is 0. The number of hydrogen-bond acceptors (Lipinski definition) is 5. The maximum Gasteiger partial charge on any atom is 0.358 e. The number of hydrogen-bond donors (Lipinski definition) is 0. The number of unbranched alkanes of at least 4 members (excludes halogenated alkanes) is 3. The van der Waals surface area contributed by atoms with Gasteiger partial charge >= 0.3 is 11.9 Å². The number of ether oxygens (including phenoxy) is 2. The number of benzene rings is 1. The fraction of sp³-hybridized carbons (Fsp3) is 0.556. The van der Waals surface area contributed by atoms with Gasteiger partial charge in [-0.2, -0.15) is 0 Å². The van der Waals surface area contributed by atoms with E-state index in [9.17, 15) is 9.59 Å². The van der Waals surface area contributed by atoms with Gasteiger partial charge in [-0.15, -0.1) is 11.8 Å². The van der Waals surface area contributed by atoms with Crippen LogP contribution in [0.5, 0.6) is 0 Å². The maximum atomic E-state index is 12.1. The van der Waals surface area contributed by atoms with Gasteiger partial charge in [0.15, 0.2) is 0 Å². The number of carbonyl (C=O) groups excluding carboxylic acids is 2. The number of esters is 2. The van der Waals surface area contributed by atoms with Crippen molar-refractivity contribution in [3.63, 3.8) is 0 Å². The second-order valence-corrected chi connectivity index (χ2v) is 6.13. The Morgan fingerprint density at radius 2 is 1.78 bits per heavy atom. The van der Waals surface area contributed by atoms with E-state index in [4.69, 9.17) is 9.47 Å². The molecule has 0 aliphatic rings. The van der Waals surface area contributed by atoms with Crippen LogP contribution in [0.2, 0.25) is 0 Å².